The number of piperazine rings is 1. The molecule has 0 radical (unpaired) electrons. The van der Waals surface area contributed by atoms with E-state index in [4.69, 9.17) is 4.74 Å². The fourth-order valence-corrected chi connectivity index (χ4v) is 3.35. The monoisotopic (exact) mass is 437 g/mol. The lowest BCUT2D eigenvalue weighted by molar-refractivity contribution is -0.384. The zero-order chi connectivity index (χ0) is 22.8. The van der Waals surface area contributed by atoms with E-state index < -0.39 is 16.7 Å². The molecule has 1 heterocycles. The van der Waals surface area contributed by atoms with Gasteiger partial charge in [-0.2, -0.15) is 13.2 Å². The molecule has 3 rings (SSSR count). The van der Waals surface area contributed by atoms with Crippen LogP contribution in [0, 0.1) is 10.1 Å². The molecule has 0 atom stereocenters. The number of hydrogen-bond donors (Lipinski definition) is 0. The van der Waals surface area contributed by atoms with Gasteiger partial charge in [0.25, 0.3) is 11.6 Å². The second-order valence-corrected chi connectivity index (χ2v) is 7.43. The Morgan fingerprint density at radius 1 is 1.06 bits per heavy atom. The fraction of sp³-hybridized carbons (Fsp3) is 0.381. The summed E-state index contributed by atoms with van der Waals surface area (Å²) in [6.07, 6.45) is -4.61. The molecule has 0 N–H and O–H groups in total. The normalized spacial score (nSPS) is 14.6. The first kappa shape index (κ1) is 22.4. The summed E-state index contributed by atoms with van der Waals surface area (Å²) in [6.45, 7) is 5.07. The van der Waals surface area contributed by atoms with Crippen LogP contribution >= 0.6 is 0 Å². The van der Waals surface area contributed by atoms with Crippen LogP contribution in [0.25, 0.3) is 0 Å². The third-order valence-corrected chi connectivity index (χ3v) is 4.89. The van der Waals surface area contributed by atoms with E-state index in [2.05, 4.69) is 0 Å². The topological polar surface area (TPSA) is 75.9 Å². The number of nitro groups is 1. The number of non-ortho nitro benzene ring substituents is 1. The minimum absolute atomic E-state index is 0.117. The van der Waals surface area contributed by atoms with Gasteiger partial charge in [-0.3, -0.25) is 14.9 Å². The van der Waals surface area contributed by atoms with E-state index in [0.717, 1.165) is 12.1 Å². The molecule has 7 nitrogen and oxygen atoms in total. The molecule has 2 aromatic carbocycles. The van der Waals surface area contributed by atoms with Crippen LogP contribution in [0.4, 0.5) is 24.5 Å². The fourth-order valence-electron chi connectivity index (χ4n) is 3.35. The quantitative estimate of drug-likeness (QED) is 0.513. The molecule has 0 aliphatic carbocycles. The zero-order valence-electron chi connectivity index (χ0n) is 17.1. The predicted molar refractivity (Wildman–Crippen MR) is 108 cm³/mol. The second kappa shape index (κ2) is 8.83. The van der Waals surface area contributed by atoms with Crippen LogP contribution in [-0.2, 0) is 6.18 Å². The Balaban J connectivity index is 1.73. The lowest BCUT2D eigenvalue weighted by atomic mass is 10.1. The Morgan fingerprint density at radius 3 is 2.19 bits per heavy atom. The van der Waals surface area contributed by atoms with Crippen LogP contribution in [0.15, 0.2) is 42.5 Å². The van der Waals surface area contributed by atoms with Gasteiger partial charge in [0.05, 0.1) is 22.2 Å². The molecule has 0 bridgehead atoms. The van der Waals surface area contributed by atoms with Crippen LogP contribution in [-0.4, -0.2) is 48.0 Å². The Kier molecular flexibility index (Phi) is 6.37. The molecule has 10 heteroatoms. The standard InChI is InChI=1S/C21H22F3N3O4/c1-14(2)31-19-8-7-17(27(29)30)13-18(19)20(28)26-11-9-25(10-12-26)16-5-3-15(4-6-16)21(22,23)24/h3-8,13-14H,9-12H2,1-2H3. The van der Waals surface area contributed by atoms with Gasteiger partial charge in [0, 0.05) is 44.0 Å². The number of rotatable bonds is 5. The number of nitro benzene ring substituents is 1. The lowest BCUT2D eigenvalue weighted by Gasteiger charge is -2.36. The van der Waals surface area contributed by atoms with E-state index in [-0.39, 0.29) is 29.0 Å². The Morgan fingerprint density at radius 2 is 1.68 bits per heavy atom. The van der Waals surface area contributed by atoms with Crippen molar-refractivity contribution in [2.24, 2.45) is 0 Å². The molecule has 1 amide bonds. The van der Waals surface area contributed by atoms with Crippen LogP contribution < -0.4 is 9.64 Å². The summed E-state index contributed by atoms with van der Waals surface area (Å²) in [5.74, 6) is -0.109. The number of amides is 1. The third-order valence-electron chi connectivity index (χ3n) is 4.89. The van der Waals surface area contributed by atoms with Gasteiger partial charge in [-0.25, -0.2) is 0 Å². The van der Waals surface area contributed by atoms with Gasteiger partial charge in [0.2, 0.25) is 0 Å². The summed E-state index contributed by atoms with van der Waals surface area (Å²) >= 11 is 0. The van der Waals surface area contributed by atoms with Crippen LogP contribution in [0.3, 0.4) is 0 Å². The minimum atomic E-state index is -4.39. The highest BCUT2D eigenvalue weighted by Crippen LogP contribution is 2.31. The van der Waals surface area contributed by atoms with Crippen molar-refractivity contribution in [1.29, 1.82) is 0 Å². The van der Waals surface area contributed by atoms with E-state index in [0.29, 0.717) is 31.9 Å². The Hall–Kier alpha value is -3.30. The van der Waals surface area contributed by atoms with E-state index >= 15 is 0 Å². The molecule has 0 spiro atoms. The molecule has 166 valence electrons. The first-order valence-corrected chi connectivity index (χ1v) is 9.73. The molecular weight excluding hydrogens is 415 g/mol. The van der Waals surface area contributed by atoms with Crippen LogP contribution in [0.5, 0.6) is 5.75 Å². The van der Waals surface area contributed by atoms with Crippen molar-refractivity contribution in [2.45, 2.75) is 26.1 Å². The maximum atomic E-state index is 13.1. The lowest BCUT2D eigenvalue weighted by Crippen LogP contribution is -2.48. The van der Waals surface area contributed by atoms with E-state index in [1.807, 2.05) is 4.90 Å². The smallest absolute Gasteiger partial charge is 0.416 e. The summed E-state index contributed by atoms with van der Waals surface area (Å²) in [6, 6.07) is 8.81. The number of nitrogens with zero attached hydrogens (tertiary/aromatic N) is 3. The molecule has 2 aromatic rings. The van der Waals surface area contributed by atoms with Crippen LogP contribution in [0.1, 0.15) is 29.8 Å². The highest BCUT2D eigenvalue weighted by Gasteiger charge is 2.31. The summed E-state index contributed by atoms with van der Waals surface area (Å²) in [4.78, 5) is 27.1. The number of benzene rings is 2. The van der Waals surface area contributed by atoms with Gasteiger partial charge in [0.15, 0.2) is 0 Å². The molecule has 1 aliphatic heterocycles. The van der Waals surface area contributed by atoms with Crippen molar-refractivity contribution >= 4 is 17.3 Å². The van der Waals surface area contributed by atoms with Crippen molar-refractivity contribution in [3.63, 3.8) is 0 Å². The van der Waals surface area contributed by atoms with E-state index in [9.17, 15) is 28.1 Å². The average Bonchev–Trinajstić information content (AvgIpc) is 2.72. The van der Waals surface area contributed by atoms with Crippen molar-refractivity contribution < 1.29 is 27.6 Å². The molecule has 1 fully saturated rings. The second-order valence-electron chi connectivity index (χ2n) is 7.43. The molecule has 1 aliphatic rings. The molecule has 31 heavy (non-hydrogen) atoms. The van der Waals surface area contributed by atoms with Crippen molar-refractivity contribution in [2.75, 3.05) is 31.1 Å². The summed E-state index contributed by atoms with van der Waals surface area (Å²) in [5, 5.41) is 11.1. The van der Waals surface area contributed by atoms with Crippen LogP contribution in [0.2, 0.25) is 0 Å². The number of alkyl halides is 3. The summed E-state index contributed by atoms with van der Waals surface area (Å²) < 4.78 is 43.9. The number of halogens is 3. The van der Waals surface area contributed by atoms with Gasteiger partial charge in [0.1, 0.15) is 5.75 Å². The van der Waals surface area contributed by atoms with Crippen molar-refractivity contribution in [3.05, 3.63) is 63.7 Å². The summed E-state index contributed by atoms with van der Waals surface area (Å²) in [5.41, 5.74) is -0.165. The van der Waals surface area contributed by atoms with Gasteiger partial charge in [-0.05, 0) is 44.2 Å². The number of carbonyl (C=O) groups is 1. The number of hydrogen-bond acceptors (Lipinski definition) is 5. The van der Waals surface area contributed by atoms with Gasteiger partial charge in [-0.1, -0.05) is 0 Å². The maximum absolute atomic E-state index is 13.1. The first-order valence-electron chi connectivity index (χ1n) is 9.73. The molecule has 0 saturated carbocycles. The maximum Gasteiger partial charge on any atom is 0.416 e. The molecule has 1 saturated heterocycles. The Bertz CT molecular complexity index is 953. The van der Waals surface area contributed by atoms with E-state index in [1.165, 1.54) is 30.3 Å². The van der Waals surface area contributed by atoms with Crippen molar-refractivity contribution in [1.82, 2.24) is 4.90 Å². The number of anilines is 1. The molecule has 0 unspecified atom stereocenters. The highest BCUT2D eigenvalue weighted by molar-refractivity contribution is 5.97. The first-order chi connectivity index (χ1) is 14.6. The molecule has 0 aromatic heterocycles. The summed E-state index contributed by atoms with van der Waals surface area (Å²) in [7, 11) is 0. The highest BCUT2D eigenvalue weighted by atomic mass is 19.4. The van der Waals surface area contributed by atoms with E-state index in [1.54, 1.807) is 18.7 Å². The largest absolute Gasteiger partial charge is 0.490 e. The van der Waals surface area contributed by atoms with Gasteiger partial charge < -0.3 is 14.5 Å². The Labute approximate surface area is 177 Å². The molecular formula is C21H22F3N3O4. The van der Waals surface area contributed by atoms with Crippen molar-refractivity contribution in [3.8, 4) is 5.75 Å². The minimum Gasteiger partial charge on any atom is -0.490 e. The van der Waals surface area contributed by atoms with Gasteiger partial charge in [-0.15, -0.1) is 0 Å². The number of carbonyl (C=O) groups excluding carboxylic acids is 1. The van der Waals surface area contributed by atoms with Gasteiger partial charge >= 0.3 is 6.18 Å². The number of ether oxygens (including phenoxy) is 1. The SMILES string of the molecule is CC(C)Oc1ccc([N+](=O)[O-])cc1C(=O)N1CCN(c2ccc(C(F)(F)F)cc2)CC1. The average molecular weight is 437 g/mol. The third kappa shape index (κ3) is 5.25. The zero-order valence-corrected chi connectivity index (χ0v) is 17.1. The predicted octanol–water partition coefficient (Wildman–Crippen LogP) is 4.36.